The van der Waals surface area contributed by atoms with Crippen LogP contribution < -0.4 is 0 Å². The van der Waals surface area contributed by atoms with E-state index in [1.165, 1.54) is 4.57 Å². The van der Waals surface area contributed by atoms with Crippen molar-refractivity contribution in [2.24, 2.45) is 0 Å². The lowest BCUT2D eigenvalue weighted by Crippen LogP contribution is -2.11. The first kappa shape index (κ1) is 14.4. The molecular formula is C9H16ClN3O3S. The molecule has 0 aliphatic carbocycles. The minimum atomic E-state index is -3.84. The third-order valence-corrected chi connectivity index (χ3v) is 3.66. The zero-order valence-electron chi connectivity index (χ0n) is 10.1. The molecule has 1 heterocycles. The fraction of sp³-hybridized carbons (Fsp3) is 0.778. The molecule has 0 N–H and O–H groups in total. The van der Waals surface area contributed by atoms with Crippen molar-refractivity contribution >= 4 is 19.7 Å². The van der Waals surface area contributed by atoms with Crippen LogP contribution in [0.2, 0.25) is 0 Å². The lowest BCUT2D eigenvalue weighted by atomic mass is 10.2. The number of hydrogen-bond acceptors (Lipinski definition) is 5. The van der Waals surface area contributed by atoms with Gasteiger partial charge in [-0.05, 0) is 20.3 Å². The molecule has 0 aliphatic heterocycles. The number of nitrogens with zero attached hydrogens (tertiary/aromatic N) is 3. The van der Waals surface area contributed by atoms with Gasteiger partial charge in [-0.25, -0.2) is 8.42 Å². The number of aryl methyl sites for hydroxylation is 1. The predicted octanol–water partition coefficient (Wildman–Crippen LogP) is 1.19. The van der Waals surface area contributed by atoms with Gasteiger partial charge in [0.05, 0.1) is 6.10 Å². The molecule has 0 saturated heterocycles. The maximum atomic E-state index is 11.2. The molecule has 1 unspecified atom stereocenters. The van der Waals surface area contributed by atoms with Gasteiger partial charge in [-0.15, -0.1) is 10.2 Å². The highest BCUT2D eigenvalue weighted by Gasteiger charge is 2.21. The van der Waals surface area contributed by atoms with Crippen molar-refractivity contribution in [1.82, 2.24) is 14.8 Å². The Morgan fingerprint density at radius 2 is 2.12 bits per heavy atom. The van der Waals surface area contributed by atoms with Gasteiger partial charge in [-0.2, -0.15) is 0 Å². The molecule has 0 radical (unpaired) electrons. The van der Waals surface area contributed by atoms with E-state index in [2.05, 4.69) is 10.2 Å². The van der Waals surface area contributed by atoms with Gasteiger partial charge in [0.2, 0.25) is 0 Å². The molecule has 6 nitrogen and oxygen atoms in total. The van der Waals surface area contributed by atoms with Gasteiger partial charge in [0.15, 0.2) is 0 Å². The summed E-state index contributed by atoms with van der Waals surface area (Å²) in [6.45, 7) is 4.22. The summed E-state index contributed by atoms with van der Waals surface area (Å²) in [6.07, 6.45) is 1.44. The number of aromatic nitrogens is 3. The van der Waals surface area contributed by atoms with Crippen molar-refractivity contribution in [3.05, 3.63) is 5.82 Å². The monoisotopic (exact) mass is 281 g/mol. The molecule has 8 heteroatoms. The number of rotatable bonds is 6. The van der Waals surface area contributed by atoms with Crippen LogP contribution in [0.3, 0.4) is 0 Å². The van der Waals surface area contributed by atoms with Crippen molar-refractivity contribution in [1.29, 1.82) is 0 Å². The largest absolute Gasteiger partial charge is 0.382 e. The van der Waals surface area contributed by atoms with Crippen molar-refractivity contribution in [3.8, 4) is 0 Å². The third-order valence-electron chi connectivity index (χ3n) is 2.50. The summed E-state index contributed by atoms with van der Waals surface area (Å²) in [5.41, 5.74) is 0. The predicted molar refractivity (Wildman–Crippen MR) is 63.5 cm³/mol. The van der Waals surface area contributed by atoms with Crippen LogP contribution in [0.5, 0.6) is 0 Å². The Morgan fingerprint density at radius 1 is 1.47 bits per heavy atom. The third kappa shape index (κ3) is 3.65. The summed E-state index contributed by atoms with van der Waals surface area (Å²) < 4.78 is 29.1. The number of methoxy groups -OCH3 is 1. The Labute approximate surface area is 105 Å². The number of hydrogen-bond donors (Lipinski definition) is 0. The molecule has 0 bridgehead atoms. The summed E-state index contributed by atoms with van der Waals surface area (Å²) in [6, 6.07) is 0. The first-order valence-electron chi connectivity index (χ1n) is 5.29. The highest BCUT2D eigenvalue weighted by molar-refractivity contribution is 8.13. The average Bonchev–Trinajstić information content (AvgIpc) is 2.68. The molecule has 0 aromatic carbocycles. The SMILES string of the molecule is CCn1c(CCC(C)OC)nnc1S(=O)(=O)Cl. The highest BCUT2D eigenvalue weighted by atomic mass is 35.7. The first-order valence-corrected chi connectivity index (χ1v) is 7.60. The normalized spacial score (nSPS) is 13.9. The van der Waals surface area contributed by atoms with Crippen LogP contribution in [0.1, 0.15) is 26.1 Å². The summed E-state index contributed by atoms with van der Waals surface area (Å²) in [5, 5.41) is 7.27. The van der Waals surface area contributed by atoms with E-state index in [0.29, 0.717) is 18.8 Å². The van der Waals surface area contributed by atoms with Crippen molar-refractivity contribution < 1.29 is 13.2 Å². The Kier molecular flexibility index (Phi) is 4.91. The Morgan fingerprint density at radius 3 is 2.59 bits per heavy atom. The van der Waals surface area contributed by atoms with Crippen LogP contribution >= 0.6 is 10.7 Å². The topological polar surface area (TPSA) is 74.1 Å². The van der Waals surface area contributed by atoms with E-state index in [1.807, 2.05) is 13.8 Å². The van der Waals surface area contributed by atoms with E-state index in [-0.39, 0.29) is 11.3 Å². The molecule has 17 heavy (non-hydrogen) atoms. The van der Waals surface area contributed by atoms with E-state index < -0.39 is 9.05 Å². The number of halogens is 1. The van der Waals surface area contributed by atoms with E-state index in [4.69, 9.17) is 15.4 Å². The molecule has 0 spiro atoms. The molecule has 1 aromatic rings. The average molecular weight is 282 g/mol. The van der Waals surface area contributed by atoms with Gasteiger partial charge in [0.1, 0.15) is 5.82 Å². The summed E-state index contributed by atoms with van der Waals surface area (Å²) in [7, 11) is 3.06. The van der Waals surface area contributed by atoms with Gasteiger partial charge in [-0.3, -0.25) is 0 Å². The summed E-state index contributed by atoms with van der Waals surface area (Å²) in [5.74, 6) is 0.607. The molecule has 0 aliphatic rings. The Hall–Kier alpha value is -0.660. The minimum Gasteiger partial charge on any atom is -0.382 e. The molecule has 1 aromatic heterocycles. The van der Waals surface area contributed by atoms with Gasteiger partial charge < -0.3 is 9.30 Å². The fourth-order valence-electron chi connectivity index (χ4n) is 1.45. The maximum absolute atomic E-state index is 11.2. The number of ether oxygens (including phenoxy) is 1. The zero-order chi connectivity index (χ0) is 13.1. The second-order valence-corrected chi connectivity index (χ2v) is 6.13. The van der Waals surface area contributed by atoms with Crippen LogP contribution in [0, 0.1) is 0 Å². The van der Waals surface area contributed by atoms with Crippen LogP contribution in [0.25, 0.3) is 0 Å². The molecule has 1 rings (SSSR count). The molecule has 0 amide bonds. The Balaban J connectivity index is 2.91. The lowest BCUT2D eigenvalue weighted by molar-refractivity contribution is 0.110. The summed E-state index contributed by atoms with van der Waals surface area (Å²) in [4.78, 5) is 0. The zero-order valence-corrected chi connectivity index (χ0v) is 11.6. The molecule has 1 atom stereocenters. The van der Waals surface area contributed by atoms with Crippen LogP contribution in [0.4, 0.5) is 0 Å². The van der Waals surface area contributed by atoms with Crippen molar-refractivity contribution in [2.45, 2.75) is 44.5 Å². The fourth-order valence-corrected chi connectivity index (χ4v) is 2.43. The first-order chi connectivity index (χ1) is 7.90. The van der Waals surface area contributed by atoms with Gasteiger partial charge in [0.25, 0.3) is 14.2 Å². The van der Waals surface area contributed by atoms with Crippen LogP contribution in [-0.2, 0) is 26.8 Å². The van der Waals surface area contributed by atoms with Crippen LogP contribution in [0.15, 0.2) is 5.16 Å². The Bertz CT molecular complexity index is 472. The standard InChI is InChI=1S/C9H16ClN3O3S/c1-4-13-8(6-5-7(2)16-3)11-12-9(13)17(10,14)15/h7H,4-6H2,1-3H3. The highest BCUT2D eigenvalue weighted by Crippen LogP contribution is 2.15. The van der Waals surface area contributed by atoms with Gasteiger partial charge in [0, 0.05) is 30.8 Å². The molecule has 0 fully saturated rings. The smallest absolute Gasteiger partial charge is 0.296 e. The molecule has 0 saturated carbocycles. The van der Waals surface area contributed by atoms with E-state index >= 15 is 0 Å². The lowest BCUT2D eigenvalue weighted by Gasteiger charge is -2.09. The van der Waals surface area contributed by atoms with Crippen molar-refractivity contribution in [2.75, 3.05) is 7.11 Å². The van der Waals surface area contributed by atoms with E-state index in [1.54, 1.807) is 7.11 Å². The second kappa shape index (κ2) is 5.79. The van der Waals surface area contributed by atoms with Crippen molar-refractivity contribution in [3.63, 3.8) is 0 Å². The quantitative estimate of drug-likeness (QED) is 0.732. The summed E-state index contributed by atoms with van der Waals surface area (Å²) >= 11 is 0. The maximum Gasteiger partial charge on any atom is 0.296 e. The second-order valence-electron chi connectivity index (χ2n) is 3.67. The molecule has 98 valence electrons. The minimum absolute atomic E-state index is 0.0908. The van der Waals surface area contributed by atoms with E-state index in [9.17, 15) is 8.42 Å². The van der Waals surface area contributed by atoms with Crippen LogP contribution in [-0.4, -0.2) is 36.4 Å². The van der Waals surface area contributed by atoms with Gasteiger partial charge in [-0.1, -0.05) is 0 Å². The molecular weight excluding hydrogens is 266 g/mol. The van der Waals surface area contributed by atoms with E-state index in [0.717, 1.165) is 6.42 Å². The van der Waals surface area contributed by atoms with Gasteiger partial charge >= 0.3 is 0 Å².